The highest BCUT2D eigenvalue weighted by atomic mass is 35.5. The zero-order valence-electron chi connectivity index (χ0n) is 20.8. The first-order valence-electron chi connectivity index (χ1n) is 11.6. The standard InChI is InChI=1S/C22H25ClN6O2S.C2HF3O2/c1-15-4-3-11-29(15)20-10-9-18(32(30,31)24-2)12-19(20)28-22-13-21(25-14-26-22)27-17-7-5-16(23)6-8-17;3-2(4,5)1(6)7/h5-10,12-15,24H,3-4,11H2,1-2H3,(H2,25,26,27,28);(H,6,7). The fourth-order valence-electron chi connectivity index (χ4n) is 3.75. The summed E-state index contributed by atoms with van der Waals surface area (Å²) >= 11 is 5.95. The van der Waals surface area contributed by atoms with E-state index in [1.54, 1.807) is 30.3 Å². The van der Waals surface area contributed by atoms with Gasteiger partial charge in [0.1, 0.15) is 18.0 Å². The van der Waals surface area contributed by atoms with Gasteiger partial charge in [-0.05, 0) is 69.3 Å². The predicted molar refractivity (Wildman–Crippen MR) is 142 cm³/mol. The molecule has 1 atom stereocenters. The molecule has 0 saturated carbocycles. The van der Waals surface area contributed by atoms with E-state index in [1.165, 1.54) is 13.4 Å². The lowest BCUT2D eigenvalue weighted by Gasteiger charge is -2.27. The summed E-state index contributed by atoms with van der Waals surface area (Å²) in [7, 11) is -2.18. The highest BCUT2D eigenvalue weighted by Crippen LogP contribution is 2.35. The van der Waals surface area contributed by atoms with E-state index < -0.39 is 22.2 Å². The highest BCUT2D eigenvalue weighted by molar-refractivity contribution is 7.89. The van der Waals surface area contributed by atoms with Crippen molar-refractivity contribution in [2.75, 3.05) is 29.1 Å². The minimum absolute atomic E-state index is 0.187. The maximum atomic E-state index is 12.4. The van der Waals surface area contributed by atoms with E-state index in [2.05, 4.69) is 37.1 Å². The molecule has 0 radical (unpaired) electrons. The van der Waals surface area contributed by atoms with Crippen LogP contribution < -0.4 is 20.3 Å². The van der Waals surface area contributed by atoms with Crippen molar-refractivity contribution in [2.24, 2.45) is 0 Å². The number of hydrogen-bond acceptors (Lipinski definition) is 8. The molecular formula is C24H26ClF3N6O4S. The van der Waals surface area contributed by atoms with Crippen LogP contribution in [0.2, 0.25) is 5.02 Å². The van der Waals surface area contributed by atoms with Crippen LogP contribution in [0.5, 0.6) is 0 Å². The van der Waals surface area contributed by atoms with Crippen molar-refractivity contribution in [2.45, 2.75) is 36.9 Å². The number of anilines is 5. The Kier molecular flexibility index (Phi) is 9.59. The topological polar surface area (TPSA) is 137 Å². The average molecular weight is 587 g/mol. The zero-order valence-corrected chi connectivity index (χ0v) is 22.4. The maximum Gasteiger partial charge on any atom is 0.490 e. The van der Waals surface area contributed by atoms with Crippen molar-refractivity contribution in [3.05, 3.63) is 59.9 Å². The Morgan fingerprint density at radius 2 is 1.69 bits per heavy atom. The van der Waals surface area contributed by atoms with Gasteiger partial charge >= 0.3 is 12.1 Å². The molecule has 0 amide bonds. The molecule has 39 heavy (non-hydrogen) atoms. The molecule has 1 unspecified atom stereocenters. The van der Waals surface area contributed by atoms with Gasteiger partial charge in [-0.15, -0.1) is 0 Å². The number of rotatable bonds is 7. The Bertz CT molecular complexity index is 1410. The first kappa shape index (κ1) is 29.9. The number of nitrogens with one attached hydrogen (secondary N) is 3. The molecule has 1 aromatic heterocycles. The number of carbonyl (C=O) groups is 1. The third kappa shape index (κ3) is 8.18. The zero-order chi connectivity index (χ0) is 28.8. The molecule has 1 fully saturated rings. The quantitative estimate of drug-likeness (QED) is 0.296. The Labute approximate surface area is 228 Å². The van der Waals surface area contributed by atoms with Gasteiger partial charge in [-0.2, -0.15) is 13.2 Å². The summed E-state index contributed by atoms with van der Waals surface area (Å²) in [5, 5.41) is 14.3. The van der Waals surface area contributed by atoms with Crippen molar-refractivity contribution in [3.8, 4) is 0 Å². The van der Waals surface area contributed by atoms with Crippen LogP contribution in [-0.2, 0) is 14.8 Å². The Hall–Kier alpha value is -3.62. The van der Waals surface area contributed by atoms with Crippen molar-refractivity contribution in [1.29, 1.82) is 0 Å². The molecule has 2 heterocycles. The lowest BCUT2D eigenvalue weighted by molar-refractivity contribution is -0.192. The number of carboxylic acid groups (broad SMARTS) is 1. The van der Waals surface area contributed by atoms with Crippen molar-refractivity contribution < 1.29 is 31.5 Å². The van der Waals surface area contributed by atoms with Crippen LogP contribution in [0.1, 0.15) is 19.8 Å². The van der Waals surface area contributed by atoms with E-state index in [0.29, 0.717) is 28.4 Å². The summed E-state index contributed by atoms with van der Waals surface area (Å²) in [6.07, 6.45) is -1.44. The van der Waals surface area contributed by atoms with E-state index in [0.717, 1.165) is 30.8 Å². The number of nitrogens with zero attached hydrogens (tertiary/aromatic N) is 3. The van der Waals surface area contributed by atoms with Crippen LogP contribution in [0.4, 0.5) is 41.9 Å². The number of alkyl halides is 3. The van der Waals surface area contributed by atoms with Crippen LogP contribution in [0.3, 0.4) is 0 Å². The third-order valence-electron chi connectivity index (χ3n) is 5.70. The van der Waals surface area contributed by atoms with Gasteiger partial charge in [0.05, 0.1) is 16.3 Å². The van der Waals surface area contributed by atoms with Crippen molar-refractivity contribution in [1.82, 2.24) is 14.7 Å². The lowest BCUT2D eigenvalue weighted by atomic mass is 10.2. The predicted octanol–water partition coefficient (Wildman–Crippen LogP) is 5.15. The maximum absolute atomic E-state index is 12.4. The number of sulfonamides is 1. The van der Waals surface area contributed by atoms with Gasteiger partial charge in [0.25, 0.3) is 0 Å². The van der Waals surface area contributed by atoms with Crippen LogP contribution in [0.25, 0.3) is 0 Å². The smallest absolute Gasteiger partial charge is 0.475 e. The van der Waals surface area contributed by atoms with Crippen molar-refractivity contribution in [3.63, 3.8) is 0 Å². The summed E-state index contributed by atoms with van der Waals surface area (Å²) in [6.45, 7) is 3.09. The molecule has 0 spiro atoms. The van der Waals surface area contributed by atoms with E-state index in [9.17, 15) is 21.6 Å². The van der Waals surface area contributed by atoms with Crippen LogP contribution >= 0.6 is 11.6 Å². The monoisotopic (exact) mass is 586 g/mol. The first-order valence-corrected chi connectivity index (χ1v) is 13.4. The molecule has 4 N–H and O–H groups in total. The fourth-order valence-corrected chi connectivity index (χ4v) is 4.64. The molecule has 1 aliphatic heterocycles. The van der Waals surface area contributed by atoms with Crippen LogP contribution in [0, 0.1) is 0 Å². The molecule has 1 saturated heterocycles. The van der Waals surface area contributed by atoms with Gasteiger partial charge < -0.3 is 20.6 Å². The molecule has 1 aliphatic rings. The summed E-state index contributed by atoms with van der Waals surface area (Å²) in [5.74, 6) is -1.61. The SMILES string of the molecule is CNS(=O)(=O)c1ccc(N2CCCC2C)c(Nc2cc(Nc3ccc(Cl)cc3)ncn2)c1.O=C(O)C(F)(F)F. The number of benzene rings is 2. The van der Waals surface area contributed by atoms with Gasteiger partial charge in [0.2, 0.25) is 10.0 Å². The fraction of sp³-hybridized carbons (Fsp3) is 0.292. The lowest BCUT2D eigenvalue weighted by Crippen LogP contribution is -2.27. The number of carboxylic acids is 1. The Morgan fingerprint density at radius 3 is 2.23 bits per heavy atom. The third-order valence-corrected chi connectivity index (χ3v) is 7.36. The average Bonchev–Trinajstić information content (AvgIpc) is 3.31. The summed E-state index contributed by atoms with van der Waals surface area (Å²) in [6, 6.07) is 14.6. The summed E-state index contributed by atoms with van der Waals surface area (Å²) in [4.78, 5) is 20.0. The molecule has 3 aromatic rings. The van der Waals surface area contributed by atoms with Gasteiger partial charge in [-0.25, -0.2) is 27.9 Å². The molecule has 0 bridgehead atoms. The molecule has 10 nitrogen and oxygen atoms in total. The van der Waals surface area contributed by atoms with E-state index >= 15 is 0 Å². The van der Waals surface area contributed by atoms with Crippen molar-refractivity contribution >= 4 is 56.3 Å². The Morgan fingerprint density at radius 1 is 1.08 bits per heavy atom. The number of halogens is 4. The molecule has 0 aliphatic carbocycles. The highest BCUT2D eigenvalue weighted by Gasteiger charge is 2.38. The molecule has 210 valence electrons. The first-order chi connectivity index (χ1) is 18.3. The second-order valence-corrected chi connectivity index (χ2v) is 10.7. The minimum Gasteiger partial charge on any atom is -0.475 e. The number of hydrogen-bond donors (Lipinski definition) is 4. The summed E-state index contributed by atoms with van der Waals surface area (Å²) in [5.41, 5.74) is 2.45. The Balaban J connectivity index is 0.000000532. The second-order valence-electron chi connectivity index (χ2n) is 8.42. The second kappa shape index (κ2) is 12.5. The van der Waals surface area contributed by atoms with E-state index in [1.807, 2.05) is 18.2 Å². The van der Waals surface area contributed by atoms with Gasteiger partial charge in [-0.1, -0.05) is 11.6 Å². The number of aromatic nitrogens is 2. The summed E-state index contributed by atoms with van der Waals surface area (Å²) < 4.78 is 58.9. The largest absolute Gasteiger partial charge is 0.490 e. The van der Waals surface area contributed by atoms with Gasteiger partial charge in [0.15, 0.2) is 0 Å². The van der Waals surface area contributed by atoms with E-state index in [-0.39, 0.29) is 4.90 Å². The van der Waals surface area contributed by atoms with Gasteiger partial charge in [0, 0.05) is 29.4 Å². The number of aliphatic carboxylic acids is 1. The minimum atomic E-state index is -5.08. The van der Waals surface area contributed by atoms with Crippen LogP contribution in [0.15, 0.2) is 59.8 Å². The molecule has 15 heteroatoms. The normalized spacial score (nSPS) is 15.3. The molecule has 2 aromatic carbocycles. The molecule has 4 rings (SSSR count). The van der Waals surface area contributed by atoms with Crippen LogP contribution in [-0.4, -0.2) is 55.3 Å². The van der Waals surface area contributed by atoms with E-state index in [4.69, 9.17) is 21.5 Å². The van der Waals surface area contributed by atoms with Gasteiger partial charge in [-0.3, -0.25) is 0 Å². The molecular weight excluding hydrogens is 561 g/mol.